The zero-order valence-electron chi connectivity index (χ0n) is 6.89. The molecule has 0 aromatic carbocycles. The van der Waals surface area contributed by atoms with Crippen molar-refractivity contribution in [3.05, 3.63) is 24.8 Å². The van der Waals surface area contributed by atoms with Crippen molar-refractivity contribution >= 4 is 0 Å². The minimum atomic E-state index is 0.815. The summed E-state index contributed by atoms with van der Waals surface area (Å²) in [5.74, 6) is 0. The molecule has 0 amide bonds. The van der Waals surface area contributed by atoms with Crippen molar-refractivity contribution in [2.24, 2.45) is 0 Å². The van der Waals surface area contributed by atoms with Crippen molar-refractivity contribution in [3.63, 3.8) is 0 Å². The van der Waals surface area contributed by atoms with Crippen molar-refractivity contribution in [2.45, 2.75) is 0 Å². The lowest BCUT2D eigenvalue weighted by atomic mass is 10.5. The van der Waals surface area contributed by atoms with E-state index in [-0.39, 0.29) is 0 Å². The molecule has 2 rings (SSSR count). The zero-order valence-corrected chi connectivity index (χ0v) is 6.89. The first-order valence-electron chi connectivity index (χ1n) is 4.11. The van der Waals surface area contributed by atoms with Crippen molar-refractivity contribution in [1.29, 1.82) is 0 Å². The second-order valence-electron chi connectivity index (χ2n) is 2.69. The van der Waals surface area contributed by atoms with Crippen LogP contribution in [-0.4, -0.2) is 31.3 Å². The van der Waals surface area contributed by atoms with E-state index >= 15 is 0 Å². The van der Waals surface area contributed by atoms with Crippen LogP contribution in [-0.2, 0) is 4.74 Å². The number of morpholine rings is 1. The van der Waals surface area contributed by atoms with E-state index in [4.69, 9.17) is 4.74 Å². The third-order valence-corrected chi connectivity index (χ3v) is 1.93. The Labute approximate surface area is 71.4 Å². The highest BCUT2D eigenvalue weighted by Crippen LogP contribution is 1.88. The standard InChI is InChI=1S/C8H12N3O/c1-3-10(4-2-9-1)11-5-7-12-8-6-11/h1-4H,5-8H2/q+1. The van der Waals surface area contributed by atoms with Crippen molar-refractivity contribution in [3.8, 4) is 0 Å². The van der Waals surface area contributed by atoms with E-state index in [9.17, 15) is 0 Å². The number of ether oxygens (including phenoxy) is 1. The van der Waals surface area contributed by atoms with Gasteiger partial charge in [-0.05, 0) is 0 Å². The molecular formula is C8H12N3O+. The van der Waals surface area contributed by atoms with E-state index in [1.165, 1.54) is 0 Å². The highest BCUT2D eigenvalue weighted by atomic mass is 16.5. The summed E-state index contributed by atoms with van der Waals surface area (Å²) in [5, 5.41) is 2.23. The molecule has 0 unspecified atom stereocenters. The van der Waals surface area contributed by atoms with Crippen LogP contribution < -0.4 is 9.69 Å². The fourth-order valence-electron chi connectivity index (χ4n) is 1.29. The lowest BCUT2D eigenvalue weighted by Gasteiger charge is -2.21. The third-order valence-electron chi connectivity index (χ3n) is 1.93. The summed E-state index contributed by atoms with van der Waals surface area (Å²) in [6, 6.07) is 0. The van der Waals surface area contributed by atoms with Crippen LogP contribution in [0.15, 0.2) is 24.8 Å². The van der Waals surface area contributed by atoms with E-state index in [1.54, 1.807) is 12.4 Å². The SMILES string of the molecule is c1c[n+](N2CCOCC2)ccn1. The van der Waals surface area contributed by atoms with Gasteiger partial charge in [-0.15, -0.1) is 0 Å². The first-order valence-corrected chi connectivity index (χ1v) is 4.11. The quantitative estimate of drug-likeness (QED) is 0.518. The van der Waals surface area contributed by atoms with E-state index < -0.39 is 0 Å². The number of hydrogen-bond acceptors (Lipinski definition) is 3. The molecule has 0 spiro atoms. The second-order valence-corrected chi connectivity index (χ2v) is 2.69. The molecule has 64 valence electrons. The maximum atomic E-state index is 5.25. The molecule has 1 fully saturated rings. The number of aromatic nitrogens is 2. The Morgan fingerprint density at radius 1 is 1.17 bits per heavy atom. The molecule has 0 aliphatic carbocycles. The molecule has 1 aliphatic heterocycles. The van der Waals surface area contributed by atoms with E-state index in [0.29, 0.717) is 0 Å². The normalized spacial score (nSPS) is 17.8. The highest BCUT2D eigenvalue weighted by Gasteiger charge is 2.15. The molecule has 0 radical (unpaired) electrons. The zero-order chi connectivity index (χ0) is 8.23. The monoisotopic (exact) mass is 166 g/mol. The molecular weight excluding hydrogens is 154 g/mol. The van der Waals surface area contributed by atoms with Gasteiger partial charge >= 0.3 is 0 Å². The van der Waals surface area contributed by atoms with Gasteiger partial charge in [0.05, 0.1) is 38.7 Å². The Morgan fingerprint density at radius 2 is 1.83 bits per heavy atom. The van der Waals surface area contributed by atoms with Gasteiger partial charge in [0.25, 0.3) is 0 Å². The summed E-state index contributed by atoms with van der Waals surface area (Å²) in [6.07, 6.45) is 7.47. The van der Waals surface area contributed by atoms with E-state index in [1.807, 2.05) is 12.4 Å². The van der Waals surface area contributed by atoms with Crippen LogP contribution >= 0.6 is 0 Å². The Morgan fingerprint density at radius 3 is 2.50 bits per heavy atom. The second kappa shape index (κ2) is 3.49. The molecule has 1 aliphatic rings. The van der Waals surface area contributed by atoms with Crippen molar-refractivity contribution in [1.82, 2.24) is 4.98 Å². The van der Waals surface area contributed by atoms with Gasteiger partial charge in [0, 0.05) is 0 Å². The Bertz CT molecular complexity index is 233. The van der Waals surface area contributed by atoms with Crippen molar-refractivity contribution in [2.75, 3.05) is 31.3 Å². The van der Waals surface area contributed by atoms with Crippen molar-refractivity contribution < 1.29 is 9.41 Å². The van der Waals surface area contributed by atoms with Crippen LogP contribution in [0.1, 0.15) is 0 Å². The molecule has 0 N–H and O–H groups in total. The Hall–Kier alpha value is -1.16. The van der Waals surface area contributed by atoms with Gasteiger partial charge in [0.1, 0.15) is 0 Å². The van der Waals surface area contributed by atoms with Crippen LogP contribution in [0, 0.1) is 0 Å². The minimum Gasteiger partial charge on any atom is -0.377 e. The number of hydrogen-bond donors (Lipinski definition) is 0. The van der Waals surface area contributed by atoms with Crippen LogP contribution in [0.3, 0.4) is 0 Å². The molecule has 12 heavy (non-hydrogen) atoms. The predicted molar refractivity (Wildman–Crippen MR) is 43.2 cm³/mol. The number of rotatable bonds is 1. The molecule has 1 aromatic heterocycles. The van der Waals surface area contributed by atoms with Crippen LogP contribution in [0.2, 0.25) is 0 Å². The predicted octanol–water partition coefficient (Wildman–Crippen LogP) is -0.663. The first kappa shape index (κ1) is 7.49. The number of nitrogens with zero attached hydrogens (tertiary/aromatic N) is 3. The summed E-state index contributed by atoms with van der Waals surface area (Å²) in [4.78, 5) is 3.96. The maximum absolute atomic E-state index is 5.25. The lowest BCUT2D eigenvalue weighted by molar-refractivity contribution is -0.695. The average Bonchev–Trinajstić information content (AvgIpc) is 2.21. The van der Waals surface area contributed by atoms with E-state index in [0.717, 1.165) is 26.3 Å². The lowest BCUT2D eigenvalue weighted by Crippen LogP contribution is -2.61. The highest BCUT2D eigenvalue weighted by molar-refractivity contribution is 4.75. The third kappa shape index (κ3) is 1.53. The molecule has 0 atom stereocenters. The van der Waals surface area contributed by atoms with Gasteiger partial charge in [-0.25, -0.2) is 0 Å². The Kier molecular flexibility index (Phi) is 2.18. The molecule has 4 nitrogen and oxygen atoms in total. The fourth-order valence-corrected chi connectivity index (χ4v) is 1.29. The van der Waals surface area contributed by atoms with Gasteiger partial charge in [-0.3, -0.25) is 4.98 Å². The molecule has 0 bridgehead atoms. The first-order chi connectivity index (χ1) is 5.97. The van der Waals surface area contributed by atoms with E-state index in [2.05, 4.69) is 14.7 Å². The minimum absolute atomic E-state index is 0.815. The van der Waals surface area contributed by atoms with Crippen LogP contribution in [0.5, 0.6) is 0 Å². The Balaban J connectivity index is 2.08. The summed E-state index contributed by atoms with van der Waals surface area (Å²) < 4.78 is 7.30. The van der Waals surface area contributed by atoms with Gasteiger partial charge in [-0.2, -0.15) is 5.01 Å². The molecule has 1 saturated heterocycles. The molecule has 1 aromatic rings. The summed E-state index contributed by atoms with van der Waals surface area (Å²) in [6.45, 7) is 3.54. The average molecular weight is 166 g/mol. The van der Waals surface area contributed by atoms with Gasteiger partial charge in [0.2, 0.25) is 12.4 Å². The summed E-state index contributed by atoms with van der Waals surface area (Å²) >= 11 is 0. The van der Waals surface area contributed by atoms with Crippen LogP contribution in [0.4, 0.5) is 0 Å². The molecule has 2 heterocycles. The van der Waals surface area contributed by atoms with Gasteiger partial charge in [0.15, 0.2) is 0 Å². The summed E-state index contributed by atoms with van der Waals surface area (Å²) in [5.41, 5.74) is 0. The summed E-state index contributed by atoms with van der Waals surface area (Å²) in [7, 11) is 0. The molecule has 4 heteroatoms. The largest absolute Gasteiger partial charge is 0.377 e. The van der Waals surface area contributed by atoms with Gasteiger partial charge in [-0.1, -0.05) is 4.68 Å². The van der Waals surface area contributed by atoms with Crippen LogP contribution in [0.25, 0.3) is 0 Å². The molecule has 0 saturated carbocycles. The smallest absolute Gasteiger partial charge is 0.217 e. The van der Waals surface area contributed by atoms with Gasteiger partial charge < -0.3 is 4.74 Å². The topological polar surface area (TPSA) is 29.2 Å². The fraction of sp³-hybridized carbons (Fsp3) is 0.500. The maximum Gasteiger partial charge on any atom is 0.217 e.